The predicted octanol–water partition coefficient (Wildman–Crippen LogP) is 4.56. The standard InChI is InChI=1S/C14H13BrO/c1-2-3-8-16-14-7-5-11-9-13(15)6-4-12(11)10-14/h2,4-7,9-10H,1,3,8H2. The third-order valence-corrected chi connectivity index (χ3v) is 2.86. The van der Waals surface area contributed by atoms with Gasteiger partial charge >= 0.3 is 0 Å². The molecule has 0 unspecified atom stereocenters. The van der Waals surface area contributed by atoms with Gasteiger partial charge < -0.3 is 4.74 Å². The third-order valence-electron chi connectivity index (χ3n) is 2.36. The van der Waals surface area contributed by atoms with E-state index in [1.54, 1.807) is 0 Å². The summed E-state index contributed by atoms with van der Waals surface area (Å²) in [7, 11) is 0. The molecule has 16 heavy (non-hydrogen) atoms. The van der Waals surface area contributed by atoms with Crippen molar-refractivity contribution in [3.8, 4) is 5.75 Å². The second-order valence-electron chi connectivity index (χ2n) is 3.58. The monoisotopic (exact) mass is 276 g/mol. The minimum absolute atomic E-state index is 0.686. The van der Waals surface area contributed by atoms with E-state index in [1.165, 1.54) is 10.8 Å². The Morgan fingerprint density at radius 2 is 1.88 bits per heavy atom. The van der Waals surface area contributed by atoms with Gasteiger partial charge in [-0.2, -0.15) is 0 Å². The average molecular weight is 277 g/mol. The number of hydrogen-bond donors (Lipinski definition) is 0. The van der Waals surface area contributed by atoms with Crippen molar-refractivity contribution >= 4 is 26.7 Å². The van der Waals surface area contributed by atoms with E-state index < -0.39 is 0 Å². The van der Waals surface area contributed by atoms with Gasteiger partial charge in [0.25, 0.3) is 0 Å². The largest absolute Gasteiger partial charge is 0.493 e. The Morgan fingerprint density at radius 3 is 2.69 bits per heavy atom. The molecule has 2 heteroatoms. The molecular weight excluding hydrogens is 264 g/mol. The van der Waals surface area contributed by atoms with Crippen LogP contribution in [0.25, 0.3) is 10.8 Å². The first-order valence-corrected chi connectivity index (χ1v) is 6.02. The zero-order valence-corrected chi connectivity index (χ0v) is 10.5. The van der Waals surface area contributed by atoms with Crippen LogP contribution in [0.15, 0.2) is 53.5 Å². The van der Waals surface area contributed by atoms with E-state index in [0.717, 1.165) is 16.6 Å². The summed E-state index contributed by atoms with van der Waals surface area (Å²) in [4.78, 5) is 0. The van der Waals surface area contributed by atoms with Crippen molar-refractivity contribution in [1.29, 1.82) is 0 Å². The van der Waals surface area contributed by atoms with Crippen LogP contribution in [0.4, 0.5) is 0 Å². The first kappa shape index (κ1) is 11.2. The molecule has 0 saturated carbocycles. The maximum absolute atomic E-state index is 5.60. The highest BCUT2D eigenvalue weighted by Gasteiger charge is 1.97. The molecule has 0 radical (unpaired) electrons. The Morgan fingerprint density at radius 1 is 1.12 bits per heavy atom. The molecule has 0 aliphatic carbocycles. The number of halogens is 1. The minimum atomic E-state index is 0.686. The van der Waals surface area contributed by atoms with Crippen molar-refractivity contribution in [2.75, 3.05) is 6.61 Å². The molecule has 0 spiro atoms. The number of rotatable bonds is 4. The van der Waals surface area contributed by atoms with Crippen molar-refractivity contribution in [1.82, 2.24) is 0 Å². The molecule has 0 atom stereocenters. The van der Waals surface area contributed by atoms with Crippen LogP contribution in [0.3, 0.4) is 0 Å². The minimum Gasteiger partial charge on any atom is -0.493 e. The van der Waals surface area contributed by atoms with E-state index in [0.29, 0.717) is 6.61 Å². The fourth-order valence-corrected chi connectivity index (χ4v) is 1.92. The fraction of sp³-hybridized carbons (Fsp3) is 0.143. The van der Waals surface area contributed by atoms with E-state index in [1.807, 2.05) is 18.2 Å². The molecule has 2 aromatic rings. The van der Waals surface area contributed by atoms with Gasteiger partial charge in [-0.3, -0.25) is 0 Å². The number of hydrogen-bond acceptors (Lipinski definition) is 1. The van der Waals surface area contributed by atoms with Crippen molar-refractivity contribution in [3.63, 3.8) is 0 Å². The summed E-state index contributed by atoms with van der Waals surface area (Å²) in [6, 6.07) is 12.4. The Hall–Kier alpha value is -1.28. The molecule has 0 aliphatic rings. The van der Waals surface area contributed by atoms with E-state index in [2.05, 4.69) is 46.8 Å². The second-order valence-corrected chi connectivity index (χ2v) is 4.49. The van der Waals surface area contributed by atoms with Crippen LogP contribution < -0.4 is 4.74 Å². The zero-order valence-electron chi connectivity index (χ0n) is 8.95. The Labute approximate surface area is 104 Å². The van der Waals surface area contributed by atoms with Crippen LogP contribution in [0, 0.1) is 0 Å². The molecule has 0 saturated heterocycles. The van der Waals surface area contributed by atoms with E-state index >= 15 is 0 Å². The van der Waals surface area contributed by atoms with Gasteiger partial charge in [0.15, 0.2) is 0 Å². The van der Waals surface area contributed by atoms with E-state index in [4.69, 9.17) is 4.74 Å². The summed E-state index contributed by atoms with van der Waals surface area (Å²) < 4.78 is 6.70. The van der Waals surface area contributed by atoms with Crippen LogP contribution in [-0.4, -0.2) is 6.61 Å². The average Bonchev–Trinajstić information content (AvgIpc) is 2.29. The predicted molar refractivity (Wildman–Crippen MR) is 72.0 cm³/mol. The van der Waals surface area contributed by atoms with Crippen molar-refractivity contribution in [2.24, 2.45) is 0 Å². The number of benzene rings is 2. The molecule has 1 nitrogen and oxygen atoms in total. The first-order valence-electron chi connectivity index (χ1n) is 5.22. The number of ether oxygens (including phenoxy) is 1. The third kappa shape index (κ3) is 2.64. The highest BCUT2D eigenvalue weighted by Crippen LogP contribution is 2.24. The van der Waals surface area contributed by atoms with Crippen molar-refractivity contribution in [2.45, 2.75) is 6.42 Å². The topological polar surface area (TPSA) is 9.23 Å². The Balaban J connectivity index is 2.23. The molecule has 0 aliphatic heterocycles. The Bertz CT molecular complexity index is 505. The van der Waals surface area contributed by atoms with E-state index in [-0.39, 0.29) is 0 Å². The van der Waals surface area contributed by atoms with Gasteiger partial charge in [-0.05, 0) is 41.5 Å². The lowest BCUT2D eigenvalue weighted by Gasteiger charge is -2.06. The molecule has 0 N–H and O–H groups in total. The summed E-state index contributed by atoms with van der Waals surface area (Å²) in [6.07, 6.45) is 2.73. The zero-order chi connectivity index (χ0) is 11.4. The summed E-state index contributed by atoms with van der Waals surface area (Å²) in [5.41, 5.74) is 0. The highest BCUT2D eigenvalue weighted by molar-refractivity contribution is 9.10. The molecule has 0 amide bonds. The fourth-order valence-electron chi connectivity index (χ4n) is 1.54. The molecule has 2 rings (SSSR count). The molecule has 0 bridgehead atoms. The van der Waals surface area contributed by atoms with Crippen LogP contribution in [0.1, 0.15) is 6.42 Å². The van der Waals surface area contributed by atoms with Crippen LogP contribution in [0.2, 0.25) is 0 Å². The quantitative estimate of drug-likeness (QED) is 0.588. The first-order chi connectivity index (χ1) is 7.79. The SMILES string of the molecule is C=CCCOc1ccc2cc(Br)ccc2c1. The van der Waals surface area contributed by atoms with Gasteiger partial charge in [0.05, 0.1) is 6.61 Å². The molecule has 0 heterocycles. The van der Waals surface area contributed by atoms with Gasteiger partial charge in [-0.15, -0.1) is 6.58 Å². The lowest BCUT2D eigenvalue weighted by atomic mass is 10.1. The normalized spacial score (nSPS) is 10.3. The van der Waals surface area contributed by atoms with Crippen LogP contribution in [-0.2, 0) is 0 Å². The summed E-state index contributed by atoms with van der Waals surface area (Å²) in [5, 5.41) is 2.41. The van der Waals surface area contributed by atoms with Crippen LogP contribution in [0.5, 0.6) is 5.75 Å². The summed E-state index contributed by atoms with van der Waals surface area (Å²) in [5.74, 6) is 0.914. The molecular formula is C14H13BrO. The molecule has 82 valence electrons. The second kappa shape index (κ2) is 5.17. The molecule has 0 fully saturated rings. The smallest absolute Gasteiger partial charge is 0.119 e. The Kier molecular flexibility index (Phi) is 3.62. The van der Waals surface area contributed by atoms with Crippen molar-refractivity contribution < 1.29 is 4.74 Å². The highest BCUT2D eigenvalue weighted by atomic mass is 79.9. The molecule has 2 aromatic carbocycles. The van der Waals surface area contributed by atoms with Gasteiger partial charge in [0.1, 0.15) is 5.75 Å². The number of fused-ring (bicyclic) bond motifs is 1. The summed E-state index contributed by atoms with van der Waals surface area (Å²) in [6.45, 7) is 4.35. The van der Waals surface area contributed by atoms with Gasteiger partial charge in [0, 0.05) is 4.47 Å². The van der Waals surface area contributed by atoms with Crippen LogP contribution >= 0.6 is 15.9 Å². The molecule has 0 aromatic heterocycles. The summed E-state index contributed by atoms with van der Waals surface area (Å²) >= 11 is 3.46. The van der Waals surface area contributed by atoms with E-state index in [9.17, 15) is 0 Å². The van der Waals surface area contributed by atoms with Gasteiger partial charge in [-0.1, -0.05) is 34.1 Å². The van der Waals surface area contributed by atoms with Gasteiger partial charge in [-0.25, -0.2) is 0 Å². The van der Waals surface area contributed by atoms with Gasteiger partial charge in [0.2, 0.25) is 0 Å². The maximum atomic E-state index is 5.60. The lowest BCUT2D eigenvalue weighted by molar-refractivity contribution is 0.325. The lowest BCUT2D eigenvalue weighted by Crippen LogP contribution is -1.94. The van der Waals surface area contributed by atoms with Crippen molar-refractivity contribution in [3.05, 3.63) is 53.5 Å². The maximum Gasteiger partial charge on any atom is 0.119 e.